The third-order valence-electron chi connectivity index (χ3n) is 4.14. The predicted molar refractivity (Wildman–Crippen MR) is 98.1 cm³/mol. The zero-order chi connectivity index (χ0) is 17.6. The van der Waals surface area contributed by atoms with Gasteiger partial charge in [0.1, 0.15) is 6.10 Å². The number of ether oxygens (including phenoxy) is 1. The first kappa shape index (κ1) is 18.8. The molecule has 1 unspecified atom stereocenters. The topological polar surface area (TPSA) is 54.7 Å². The summed E-state index contributed by atoms with van der Waals surface area (Å²) in [5, 5.41) is 7.68. The number of nitrogens with zero attached hydrogens (tertiary/aromatic N) is 4. The van der Waals surface area contributed by atoms with E-state index in [0.717, 1.165) is 44.1 Å². The Morgan fingerprint density at radius 2 is 2.25 bits per heavy atom. The second-order valence-corrected chi connectivity index (χ2v) is 7.65. The van der Waals surface area contributed by atoms with Crippen molar-refractivity contribution in [1.82, 2.24) is 20.0 Å². The van der Waals surface area contributed by atoms with Crippen molar-refractivity contribution in [3.63, 3.8) is 0 Å². The second kappa shape index (κ2) is 8.51. The minimum absolute atomic E-state index is 0.0610. The highest BCUT2D eigenvalue weighted by atomic mass is 16.5. The van der Waals surface area contributed by atoms with E-state index in [1.165, 1.54) is 6.42 Å². The lowest BCUT2D eigenvalue weighted by Crippen LogP contribution is -2.48. The van der Waals surface area contributed by atoms with Crippen molar-refractivity contribution in [2.45, 2.75) is 46.6 Å². The highest BCUT2D eigenvalue weighted by Gasteiger charge is 2.25. The van der Waals surface area contributed by atoms with Gasteiger partial charge in [-0.15, -0.1) is 0 Å². The average molecular weight is 335 g/mol. The van der Waals surface area contributed by atoms with Gasteiger partial charge < -0.3 is 15.0 Å². The standard InChI is InChI=1S/C18H33N5O/c1-6-19-17(20-9-7-8-18(2,3)4)23-10-11-24-16(14-23)15-12-21-22(5)13-15/h12-13,16H,6-11,14H2,1-5H3,(H,19,20). The molecule has 6 nitrogen and oxygen atoms in total. The molecular formula is C18H33N5O. The molecule has 1 aromatic rings. The van der Waals surface area contributed by atoms with Crippen LogP contribution in [-0.2, 0) is 11.8 Å². The number of hydrogen-bond acceptors (Lipinski definition) is 3. The number of hydrogen-bond donors (Lipinski definition) is 1. The fourth-order valence-corrected chi connectivity index (χ4v) is 2.87. The third-order valence-corrected chi connectivity index (χ3v) is 4.14. The molecule has 1 N–H and O–H groups in total. The summed E-state index contributed by atoms with van der Waals surface area (Å²) < 4.78 is 7.75. The van der Waals surface area contributed by atoms with E-state index in [-0.39, 0.29) is 6.10 Å². The maximum atomic E-state index is 5.93. The van der Waals surface area contributed by atoms with E-state index in [9.17, 15) is 0 Å². The molecule has 1 atom stereocenters. The SMILES string of the molecule is CCNC(=NCCCC(C)(C)C)N1CCOC(c2cnn(C)c2)C1. The van der Waals surface area contributed by atoms with Crippen molar-refractivity contribution >= 4 is 5.96 Å². The summed E-state index contributed by atoms with van der Waals surface area (Å²) in [5.41, 5.74) is 1.50. The lowest BCUT2D eigenvalue weighted by Gasteiger charge is -2.34. The minimum atomic E-state index is 0.0610. The van der Waals surface area contributed by atoms with E-state index in [4.69, 9.17) is 9.73 Å². The van der Waals surface area contributed by atoms with Crippen LogP contribution in [-0.4, -0.2) is 53.4 Å². The van der Waals surface area contributed by atoms with E-state index in [0.29, 0.717) is 12.0 Å². The maximum Gasteiger partial charge on any atom is 0.194 e. The second-order valence-electron chi connectivity index (χ2n) is 7.65. The summed E-state index contributed by atoms with van der Waals surface area (Å²) in [6.45, 7) is 13.1. The molecule has 0 radical (unpaired) electrons. The molecule has 0 spiro atoms. The molecule has 1 aliphatic heterocycles. The Labute approximate surface area is 146 Å². The highest BCUT2D eigenvalue weighted by molar-refractivity contribution is 5.80. The summed E-state index contributed by atoms with van der Waals surface area (Å²) >= 11 is 0. The molecule has 2 rings (SSSR count). The quantitative estimate of drug-likeness (QED) is 0.510. The van der Waals surface area contributed by atoms with Gasteiger partial charge in [-0.05, 0) is 25.2 Å². The zero-order valence-corrected chi connectivity index (χ0v) is 15.9. The first-order valence-electron chi connectivity index (χ1n) is 9.02. The van der Waals surface area contributed by atoms with Gasteiger partial charge in [0.2, 0.25) is 0 Å². The molecule has 1 fully saturated rings. The predicted octanol–water partition coefficient (Wildman–Crippen LogP) is 2.59. The summed E-state index contributed by atoms with van der Waals surface area (Å²) in [6.07, 6.45) is 6.29. The van der Waals surface area contributed by atoms with E-state index in [1.54, 1.807) is 0 Å². The van der Waals surface area contributed by atoms with Crippen LogP contribution in [0.2, 0.25) is 0 Å². The fraction of sp³-hybridized carbons (Fsp3) is 0.778. The Kier molecular flexibility index (Phi) is 6.66. The zero-order valence-electron chi connectivity index (χ0n) is 15.9. The smallest absolute Gasteiger partial charge is 0.194 e. The van der Waals surface area contributed by atoms with E-state index in [2.05, 4.69) is 43.0 Å². The number of rotatable bonds is 5. The Bertz CT molecular complexity index is 532. The molecule has 2 heterocycles. The molecular weight excluding hydrogens is 302 g/mol. The van der Waals surface area contributed by atoms with Gasteiger partial charge in [0, 0.05) is 38.4 Å². The van der Waals surface area contributed by atoms with Crippen LogP contribution in [0.3, 0.4) is 0 Å². The molecule has 0 bridgehead atoms. The van der Waals surface area contributed by atoms with Gasteiger partial charge in [0.25, 0.3) is 0 Å². The van der Waals surface area contributed by atoms with Gasteiger partial charge in [-0.2, -0.15) is 5.10 Å². The van der Waals surface area contributed by atoms with Gasteiger partial charge in [0.05, 0.1) is 19.3 Å². The van der Waals surface area contributed by atoms with Gasteiger partial charge in [0.15, 0.2) is 5.96 Å². The first-order valence-corrected chi connectivity index (χ1v) is 9.02. The van der Waals surface area contributed by atoms with Crippen LogP contribution in [0.15, 0.2) is 17.4 Å². The molecule has 1 saturated heterocycles. The number of morpholine rings is 1. The Balaban J connectivity index is 1.96. The van der Waals surface area contributed by atoms with Crippen molar-refractivity contribution in [2.24, 2.45) is 17.5 Å². The third kappa shape index (κ3) is 5.82. The average Bonchev–Trinajstić information content (AvgIpc) is 2.96. The molecule has 0 saturated carbocycles. The van der Waals surface area contributed by atoms with Crippen LogP contribution in [0, 0.1) is 5.41 Å². The molecule has 1 aromatic heterocycles. The highest BCUT2D eigenvalue weighted by Crippen LogP contribution is 2.22. The van der Waals surface area contributed by atoms with Crippen LogP contribution in [0.4, 0.5) is 0 Å². The van der Waals surface area contributed by atoms with Crippen LogP contribution in [0.25, 0.3) is 0 Å². The van der Waals surface area contributed by atoms with Crippen molar-refractivity contribution in [3.8, 4) is 0 Å². The fourth-order valence-electron chi connectivity index (χ4n) is 2.87. The first-order chi connectivity index (χ1) is 11.4. The molecule has 0 aliphatic carbocycles. The van der Waals surface area contributed by atoms with E-state index >= 15 is 0 Å². The summed E-state index contributed by atoms with van der Waals surface area (Å²) in [5.74, 6) is 1.00. The Hall–Kier alpha value is -1.56. The van der Waals surface area contributed by atoms with Gasteiger partial charge in [-0.3, -0.25) is 9.67 Å². The Morgan fingerprint density at radius 1 is 1.46 bits per heavy atom. The summed E-state index contributed by atoms with van der Waals surface area (Å²) in [6, 6.07) is 0. The Morgan fingerprint density at radius 3 is 2.88 bits per heavy atom. The van der Waals surface area contributed by atoms with E-state index in [1.807, 2.05) is 24.1 Å². The van der Waals surface area contributed by atoms with Gasteiger partial charge in [-0.25, -0.2) is 0 Å². The lowest BCUT2D eigenvalue weighted by molar-refractivity contribution is -0.00804. The number of aryl methyl sites for hydroxylation is 1. The van der Waals surface area contributed by atoms with Crippen molar-refractivity contribution in [2.75, 3.05) is 32.8 Å². The molecule has 24 heavy (non-hydrogen) atoms. The number of guanidine groups is 1. The number of nitrogens with one attached hydrogen (secondary N) is 1. The maximum absolute atomic E-state index is 5.93. The van der Waals surface area contributed by atoms with Gasteiger partial charge in [-0.1, -0.05) is 20.8 Å². The van der Waals surface area contributed by atoms with Crippen LogP contribution >= 0.6 is 0 Å². The van der Waals surface area contributed by atoms with E-state index < -0.39 is 0 Å². The largest absolute Gasteiger partial charge is 0.370 e. The molecule has 6 heteroatoms. The summed E-state index contributed by atoms with van der Waals surface area (Å²) in [7, 11) is 1.94. The van der Waals surface area contributed by atoms with Crippen molar-refractivity contribution < 1.29 is 4.74 Å². The molecule has 1 aliphatic rings. The van der Waals surface area contributed by atoms with Crippen LogP contribution in [0.5, 0.6) is 0 Å². The van der Waals surface area contributed by atoms with Crippen molar-refractivity contribution in [3.05, 3.63) is 18.0 Å². The van der Waals surface area contributed by atoms with Crippen LogP contribution in [0.1, 0.15) is 52.2 Å². The number of aromatic nitrogens is 2. The number of aliphatic imine (C=N–C) groups is 1. The molecule has 0 aromatic carbocycles. The lowest BCUT2D eigenvalue weighted by atomic mass is 9.91. The molecule has 136 valence electrons. The summed E-state index contributed by atoms with van der Waals surface area (Å²) in [4.78, 5) is 7.14. The van der Waals surface area contributed by atoms with Crippen LogP contribution < -0.4 is 5.32 Å². The van der Waals surface area contributed by atoms with Gasteiger partial charge >= 0.3 is 0 Å². The van der Waals surface area contributed by atoms with Crippen molar-refractivity contribution in [1.29, 1.82) is 0 Å². The minimum Gasteiger partial charge on any atom is -0.370 e. The molecule has 0 amide bonds. The monoisotopic (exact) mass is 335 g/mol. The normalized spacial score (nSPS) is 19.6.